The number of nitrogens with zero attached hydrogens (tertiary/aromatic N) is 1. The first-order valence-electron chi connectivity index (χ1n) is 6.53. The van der Waals surface area contributed by atoms with Crippen LogP contribution in [0.4, 0.5) is 0 Å². The lowest BCUT2D eigenvalue weighted by Gasteiger charge is -2.29. The Morgan fingerprint density at radius 1 is 1.50 bits per heavy atom. The molecule has 0 aromatic carbocycles. The van der Waals surface area contributed by atoms with Gasteiger partial charge in [-0.1, -0.05) is 6.92 Å². The van der Waals surface area contributed by atoms with Crippen LogP contribution in [0.3, 0.4) is 0 Å². The van der Waals surface area contributed by atoms with E-state index in [4.69, 9.17) is 0 Å². The maximum Gasteiger partial charge on any atom is 0.237 e. The van der Waals surface area contributed by atoms with Gasteiger partial charge in [0.2, 0.25) is 5.91 Å². The molecule has 2 aliphatic rings. The van der Waals surface area contributed by atoms with Gasteiger partial charge in [0.15, 0.2) is 0 Å². The van der Waals surface area contributed by atoms with Crippen LogP contribution in [0.2, 0.25) is 0 Å². The molecule has 2 heterocycles. The van der Waals surface area contributed by atoms with E-state index >= 15 is 0 Å². The Kier molecular flexibility index (Phi) is 4.18. The summed E-state index contributed by atoms with van der Waals surface area (Å²) in [6.07, 6.45) is 3.34. The quantitative estimate of drug-likeness (QED) is 0.702. The molecule has 0 saturated carbocycles. The van der Waals surface area contributed by atoms with Gasteiger partial charge in [-0.05, 0) is 32.4 Å². The van der Waals surface area contributed by atoms with Crippen LogP contribution in [0.1, 0.15) is 26.2 Å². The third-order valence-electron chi connectivity index (χ3n) is 3.61. The Morgan fingerprint density at radius 3 is 2.94 bits per heavy atom. The first-order chi connectivity index (χ1) is 7.81. The molecule has 2 fully saturated rings. The topological polar surface area (TPSA) is 44.4 Å². The second kappa shape index (κ2) is 5.64. The smallest absolute Gasteiger partial charge is 0.237 e. The van der Waals surface area contributed by atoms with Crippen LogP contribution in [0, 0.1) is 5.92 Å². The highest BCUT2D eigenvalue weighted by molar-refractivity contribution is 5.82. The summed E-state index contributed by atoms with van der Waals surface area (Å²) >= 11 is 0. The molecular formula is C12H23N3O. The Morgan fingerprint density at radius 2 is 2.31 bits per heavy atom. The second-order valence-electron chi connectivity index (χ2n) is 4.96. The molecule has 2 aliphatic heterocycles. The van der Waals surface area contributed by atoms with E-state index in [0.29, 0.717) is 5.92 Å². The molecule has 0 aromatic heterocycles. The van der Waals surface area contributed by atoms with E-state index in [1.165, 1.54) is 6.42 Å². The predicted octanol–water partition coefficient (Wildman–Crippen LogP) is 0.196. The van der Waals surface area contributed by atoms with Crippen molar-refractivity contribution in [2.45, 2.75) is 32.2 Å². The standard InChI is InChI=1S/C12H23N3O/c1-2-5-15-6-3-4-11(15)12(16)14-9-10-7-13-8-10/h10-11,13H,2-9H2,1H3,(H,14,16). The van der Waals surface area contributed by atoms with Gasteiger partial charge in [-0.15, -0.1) is 0 Å². The molecule has 4 nitrogen and oxygen atoms in total. The van der Waals surface area contributed by atoms with Gasteiger partial charge >= 0.3 is 0 Å². The summed E-state index contributed by atoms with van der Waals surface area (Å²) in [5.74, 6) is 0.905. The number of likely N-dealkylation sites (tertiary alicyclic amines) is 1. The van der Waals surface area contributed by atoms with E-state index in [9.17, 15) is 4.79 Å². The van der Waals surface area contributed by atoms with Gasteiger partial charge in [0.1, 0.15) is 0 Å². The number of rotatable bonds is 5. The van der Waals surface area contributed by atoms with Crippen molar-refractivity contribution in [2.24, 2.45) is 5.92 Å². The Hall–Kier alpha value is -0.610. The van der Waals surface area contributed by atoms with E-state index in [0.717, 1.165) is 45.6 Å². The third-order valence-corrected chi connectivity index (χ3v) is 3.61. The Labute approximate surface area is 97.8 Å². The molecule has 2 N–H and O–H groups in total. The number of nitrogens with one attached hydrogen (secondary N) is 2. The summed E-state index contributed by atoms with van der Waals surface area (Å²) in [5.41, 5.74) is 0. The fourth-order valence-electron chi connectivity index (χ4n) is 2.53. The number of hydrogen-bond acceptors (Lipinski definition) is 3. The minimum atomic E-state index is 0.146. The fraction of sp³-hybridized carbons (Fsp3) is 0.917. The van der Waals surface area contributed by atoms with Crippen molar-refractivity contribution >= 4 is 5.91 Å². The van der Waals surface area contributed by atoms with Crippen molar-refractivity contribution in [2.75, 3.05) is 32.7 Å². The van der Waals surface area contributed by atoms with E-state index in [1.807, 2.05) is 0 Å². The predicted molar refractivity (Wildman–Crippen MR) is 64.3 cm³/mol. The molecule has 0 aliphatic carbocycles. The Bertz CT molecular complexity index is 240. The number of carbonyl (C=O) groups excluding carboxylic acids is 1. The van der Waals surface area contributed by atoms with Gasteiger partial charge < -0.3 is 10.6 Å². The van der Waals surface area contributed by atoms with E-state index in [-0.39, 0.29) is 11.9 Å². The van der Waals surface area contributed by atoms with Gasteiger partial charge in [0, 0.05) is 25.6 Å². The lowest BCUT2D eigenvalue weighted by Crippen LogP contribution is -2.51. The van der Waals surface area contributed by atoms with E-state index in [1.54, 1.807) is 0 Å². The van der Waals surface area contributed by atoms with Gasteiger partial charge in [-0.25, -0.2) is 0 Å². The molecule has 2 rings (SSSR count). The zero-order chi connectivity index (χ0) is 11.4. The van der Waals surface area contributed by atoms with Gasteiger partial charge in [0.05, 0.1) is 6.04 Å². The van der Waals surface area contributed by atoms with Crippen molar-refractivity contribution in [1.29, 1.82) is 0 Å². The molecule has 0 spiro atoms. The van der Waals surface area contributed by atoms with Gasteiger partial charge in [-0.2, -0.15) is 0 Å². The minimum Gasteiger partial charge on any atom is -0.354 e. The molecule has 2 saturated heterocycles. The molecule has 1 unspecified atom stereocenters. The largest absolute Gasteiger partial charge is 0.354 e. The fourth-order valence-corrected chi connectivity index (χ4v) is 2.53. The summed E-state index contributed by atoms with van der Waals surface area (Å²) < 4.78 is 0. The van der Waals surface area contributed by atoms with Crippen molar-refractivity contribution in [3.63, 3.8) is 0 Å². The number of hydrogen-bond donors (Lipinski definition) is 2. The molecule has 0 aromatic rings. The molecule has 1 atom stereocenters. The molecule has 4 heteroatoms. The molecule has 16 heavy (non-hydrogen) atoms. The van der Waals surface area contributed by atoms with Crippen molar-refractivity contribution in [3.05, 3.63) is 0 Å². The summed E-state index contributed by atoms with van der Waals surface area (Å²) in [7, 11) is 0. The van der Waals surface area contributed by atoms with Gasteiger partial charge in [0.25, 0.3) is 0 Å². The van der Waals surface area contributed by atoms with Crippen LogP contribution in [-0.2, 0) is 4.79 Å². The van der Waals surface area contributed by atoms with Crippen LogP contribution in [0.15, 0.2) is 0 Å². The highest BCUT2D eigenvalue weighted by Crippen LogP contribution is 2.17. The summed E-state index contributed by atoms with van der Waals surface area (Å²) in [5, 5.41) is 6.32. The lowest BCUT2D eigenvalue weighted by atomic mass is 10.0. The first kappa shape index (κ1) is 11.9. The van der Waals surface area contributed by atoms with Crippen molar-refractivity contribution < 1.29 is 4.79 Å². The average Bonchev–Trinajstić information content (AvgIpc) is 2.64. The summed E-state index contributed by atoms with van der Waals surface area (Å²) in [6, 6.07) is 0.146. The number of carbonyl (C=O) groups is 1. The normalized spacial score (nSPS) is 26.7. The van der Waals surface area contributed by atoms with Crippen LogP contribution in [0.5, 0.6) is 0 Å². The molecule has 92 valence electrons. The highest BCUT2D eigenvalue weighted by atomic mass is 16.2. The number of amides is 1. The summed E-state index contributed by atoms with van der Waals surface area (Å²) in [6.45, 7) is 7.29. The van der Waals surface area contributed by atoms with E-state index < -0.39 is 0 Å². The SMILES string of the molecule is CCCN1CCCC1C(=O)NCC1CNC1. The maximum absolute atomic E-state index is 12.0. The lowest BCUT2D eigenvalue weighted by molar-refractivity contribution is -0.125. The maximum atomic E-state index is 12.0. The van der Waals surface area contributed by atoms with Gasteiger partial charge in [-0.3, -0.25) is 9.69 Å². The molecule has 0 radical (unpaired) electrons. The van der Waals surface area contributed by atoms with Crippen molar-refractivity contribution in [1.82, 2.24) is 15.5 Å². The molecule has 0 bridgehead atoms. The Balaban J connectivity index is 1.73. The highest BCUT2D eigenvalue weighted by Gasteiger charge is 2.30. The second-order valence-corrected chi connectivity index (χ2v) is 4.96. The monoisotopic (exact) mass is 225 g/mol. The zero-order valence-corrected chi connectivity index (χ0v) is 10.2. The third kappa shape index (κ3) is 2.74. The van der Waals surface area contributed by atoms with Crippen LogP contribution < -0.4 is 10.6 Å². The minimum absolute atomic E-state index is 0.146. The van der Waals surface area contributed by atoms with Crippen LogP contribution >= 0.6 is 0 Å². The van der Waals surface area contributed by atoms with E-state index in [2.05, 4.69) is 22.5 Å². The van der Waals surface area contributed by atoms with Crippen LogP contribution in [-0.4, -0.2) is 49.6 Å². The molecular weight excluding hydrogens is 202 g/mol. The van der Waals surface area contributed by atoms with Crippen LogP contribution in [0.25, 0.3) is 0 Å². The summed E-state index contributed by atoms with van der Waals surface area (Å²) in [4.78, 5) is 14.3. The average molecular weight is 225 g/mol. The van der Waals surface area contributed by atoms with Crippen molar-refractivity contribution in [3.8, 4) is 0 Å². The first-order valence-corrected chi connectivity index (χ1v) is 6.53. The zero-order valence-electron chi connectivity index (χ0n) is 10.2. The molecule has 1 amide bonds.